The number of hydrogen-bond donors (Lipinski definition) is 0. The van der Waals surface area contributed by atoms with Crippen molar-refractivity contribution in [2.75, 3.05) is 0 Å². The Kier molecular flexibility index (Phi) is 6.07. The Labute approximate surface area is 210 Å². The van der Waals surface area contributed by atoms with Crippen LogP contribution in [0.2, 0.25) is 0 Å². The highest BCUT2D eigenvalue weighted by Gasteiger charge is 2.57. The molecule has 0 saturated heterocycles. The van der Waals surface area contributed by atoms with Gasteiger partial charge in [0.25, 0.3) is 0 Å². The zero-order valence-corrected chi connectivity index (χ0v) is 19.2. The molecule has 2 aliphatic heterocycles. The monoisotopic (exact) mass is 536 g/mol. The molecule has 0 bridgehead atoms. The molecule has 196 valence electrons. The number of nitrogens with zero attached hydrogens (tertiary/aromatic N) is 4. The highest BCUT2D eigenvalue weighted by Crippen LogP contribution is 2.53. The Morgan fingerprint density at radius 3 is 2.26 bits per heavy atom. The van der Waals surface area contributed by atoms with Crippen LogP contribution in [0.1, 0.15) is 12.0 Å². The molecule has 0 amide bonds. The van der Waals surface area contributed by atoms with E-state index < -0.39 is 47.9 Å². The van der Waals surface area contributed by atoms with Crippen LogP contribution in [0.4, 0.5) is 35.1 Å². The number of imidazole rings is 1. The molecule has 0 saturated carbocycles. The Morgan fingerprint density at radius 2 is 1.58 bits per heavy atom. The van der Waals surface area contributed by atoms with E-state index in [2.05, 4.69) is 15.1 Å². The molecule has 0 aromatic heterocycles. The molecular formula is C26H16F8N4. The van der Waals surface area contributed by atoms with Gasteiger partial charge in [0, 0.05) is 5.57 Å². The summed E-state index contributed by atoms with van der Waals surface area (Å²) in [4.78, 5) is 8.10. The van der Waals surface area contributed by atoms with Gasteiger partial charge in [0.15, 0.2) is 17.5 Å². The van der Waals surface area contributed by atoms with Gasteiger partial charge in [-0.3, -0.25) is 4.68 Å². The molecule has 3 aliphatic rings. The van der Waals surface area contributed by atoms with Crippen molar-refractivity contribution in [2.24, 2.45) is 5.41 Å². The van der Waals surface area contributed by atoms with Gasteiger partial charge in [-0.1, -0.05) is 48.6 Å². The van der Waals surface area contributed by atoms with Crippen molar-refractivity contribution in [1.82, 2.24) is 19.7 Å². The van der Waals surface area contributed by atoms with Crippen molar-refractivity contribution in [1.29, 1.82) is 0 Å². The van der Waals surface area contributed by atoms with Crippen molar-refractivity contribution in [3.05, 3.63) is 95.8 Å². The number of rotatable bonds is 4. The van der Waals surface area contributed by atoms with Crippen molar-refractivity contribution in [2.45, 2.75) is 25.3 Å². The maximum atomic E-state index is 14.4. The standard InChI is InChI=1S/C26H16F8N4/c27-19-8-4-7-17(22(19)28)23-36-20-12-35-38(13-21(20)37-23)14-24(26(32,33)34)10-9-16(15-5-2-1-3-6-15)18(11-24)25(29,30)31/h1-10,12-13H,11,14H2. The number of allylic oxidation sites excluding steroid dienone is 4. The van der Waals surface area contributed by atoms with E-state index in [4.69, 9.17) is 0 Å². The molecule has 2 heterocycles. The highest BCUT2D eigenvalue weighted by atomic mass is 19.4. The molecule has 12 heteroatoms. The van der Waals surface area contributed by atoms with Crippen molar-refractivity contribution in [3.63, 3.8) is 0 Å². The number of halogens is 8. The maximum absolute atomic E-state index is 14.4. The molecule has 2 aromatic carbocycles. The molecule has 38 heavy (non-hydrogen) atoms. The molecule has 1 unspecified atom stereocenters. The smallest absolute Gasteiger partial charge is 0.269 e. The summed E-state index contributed by atoms with van der Waals surface area (Å²) in [7, 11) is 0. The molecule has 5 rings (SSSR count). The van der Waals surface area contributed by atoms with Crippen molar-refractivity contribution >= 4 is 5.57 Å². The van der Waals surface area contributed by atoms with Crippen LogP contribution in [0.25, 0.3) is 28.3 Å². The summed E-state index contributed by atoms with van der Waals surface area (Å²) in [6, 6.07) is 10.7. The average molecular weight is 536 g/mol. The second-order valence-corrected chi connectivity index (χ2v) is 8.81. The molecule has 4 nitrogen and oxygen atoms in total. The quantitative estimate of drug-likeness (QED) is 0.258. The molecule has 0 spiro atoms. The van der Waals surface area contributed by atoms with Crippen LogP contribution in [0.15, 0.2) is 78.6 Å². The fraction of sp³-hybridized carbons (Fsp3) is 0.192. The summed E-state index contributed by atoms with van der Waals surface area (Å²) in [5.41, 5.74) is -4.60. The third-order valence-electron chi connectivity index (χ3n) is 6.33. The lowest BCUT2D eigenvalue weighted by Gasteiger charge is -2.37. The minimum atomic E-state index is -5.07. The molecule has 0 fully saturated rings. The van der Waals surface area contributed by atoms with E-state index in [0.29, 0.717) is 0 Å². The van der Waals surface area contributed by atoms with Crippen molar-refractivity contribution < 1.29 is 35.1 Å². The second kappa shape index (κ2) is 9.03. The van der Waals surface area contributed by atoms with E-state index in [1.807, 2.05) is 0 Å². The lowest BCUT2D eigenvalue weighted by Crippen LogP contribution is -2.43. The fourth-order valence-corrected chi connectivity index (χ4v) is 4.38. The van der Waals surface area contributed by atoms with Crippen LogP contribution < -0.4 is 0 Å². The minimum Gasteiger partial charge on any atom is -0.269 e. The van der Waals surface area contributed by atoms with Gasteiger partial charge in [0.2, 0.25) is 0 Å². The lowest BCUT2D eigenvalue weighted by molar-refractivity contribution is -0.215. The third kappa shape index (κ3) is 4.54. The van der Waals surface area contributed by atoms with E-state index in [9.17, 15) is 35.1 Å². The first kappa shape index (κ1) is 25.6. The first-order valence-electron chi connectivity index (χ1n) is 11.1. The SMILES string of the molecule is Fc1cccc(-c2nc3cnn(CC4(C(F)(F)F)C=CC(c5ccccc5)=C(C(F)(F)F)C4)cc-3n2)c1F. The van der Waals surface area contributed by atoms with E-state index in [0.717, 1.165) is 35.3 Å². The van der Waals surface area contributed by atoms with Crippen LogP contribution in [-0.2, 0) is 6.54 Å². The Balaban J connectivity index is 1.54. The van der Waals surface area contributed by atoms with E-state index in [1.165, 1.54) is 36.4 Å². The van der Waals surface area contributed by atoms with E-state index >= 15 is 0 Å². The molecular weight excluding hydrogens is 520 g/mol. The maximum Gasteiger partial charge on any atom is 0.413 e. The predicted octanol–water partition coefficient (Wildman–Crippen LogP) is 7.25. The summed E-state index contributed by atoms with van der Waals surface area (Å²) in [5, 5.41) is 3.89. The van der Waals surface area contributed by atoms with Crippen LogP contribution in [0, 0.1) is 17.0 Å². The molecule has 2 aromatic rings. The topological polar surface area (TPSA) is 43.6 Å². The number of hydrogen-bond acceptors (Lipinski definition) is 3. The van der Waals surface area contributed by atoms with Crippen LogP contribution in [-0.4, -0.2) is 32.1 Å². The molecule has 1 atom stereocenters. The number of fused-ring (bicyclic) bond motifs is 1. The summed E-state index contributed by atoms with van der Waals surface area (Å²) < 4.78 is 114. The minimum absolute atomic E-state index is 0.00679. The average Bonchev–Trinajstić information content (AvgIpc) is 3.28. The van der Waals surface area contributed by atoms with Gasteiger partial charge in [-0.15, -0.1) is 0 Å². The van der Waals surface area contributed by atoms with Gasteiger partial charge in [-0.2, -0.15) is 31.4 Å². The van der Waals surface area contributed by atoms with E-state index in [-0.39, 0.29) is 33.9 Å². The number of benzene rings is 2. The second-order valence-electron chi connectivity index (χ2n) is 8.81. The zero-order valence-electron chi connectivity index (χ0n) is 19.2. The number of alkyl halides is 6. The molecule has 1 aliphatic carbocycles. The first-order valence-corrected chi connectivity index (χ1v) is 11.1. The van der Waals surface area contributed by atoms with Crippen LogP contribution in [0.3, 0.4) is 0 Å². The summed E-state index contributed by atoms with van der Waals surface area (Å²) in [6.45, 7) is -0.985. The number of aromatic nitrogens is 4. The Hall–Kier alpha value is -4.09. The van der Waals surface area contributed by atoms with Gasteiger partial charge in [-0.25, -0.2) is 18.7 Å². The summed E-state index contributed by atoms with van der Waals surface area (Å²) in [6.07, 6.45) is -7.73. The Bertz CT molecular complexity index is 1520. The highest BCUT2D eigenvalue weighted by molar-refractivity contribution is 5.79. The van der Waals surface area contributed by atoms with Crippen molar-refractivity contribution in [3.8, 4) is 22.8 Å². The first-order chi connectivity index (χ1) is 17.9. The predicted molar refractivity (Wildman–Crippen MR) is 121 cm³/mol. The van der Waals surface area contributed by atoms with Gasteiger partial charge < -0.3 is 0 Å². The van der Waals surface area contributed by atoms with E-state index in [1.54, 1.807) is 6.07 Å². The zero-order chi connectivity index (χ0) is 27.3. The molecule has 0 N–H and O–H groups in total. The molecule has 0 radical (unpaired) electrons. The largest absolute Gasteiger partial charge is 0.413 e. The third-order valence-corrected chi connectivity index (χ3v) is 6.33. The van der Waals surface area contributed by atoms with Gasteiger partial charge in [-0.05, 0) is 29.7 Å². The lowest BCUT2D eigenvalue weighted by atomic mass is 9.74. The van der Waals surface area contributed by atoms with Gasteiger partial charge >= 0.3 is 12.4 Å². The Morgan fingerprint density at radius 1 is 0.868 bits per heavy atom. The summed E-state index contributed by atoms with van der Waals surface area (Å²) >= 11 is 0. The fourth-order valence-electron chi connectivity index (χ4n) is 4.38. The summed E-state index contributed by atoms with van der Waals surface area (Å²) in [5.74, 6) is -2.55. The van der Waals surface area contributed by atoms with Crippen LogP contribution >= 0.6 is 0 Å². The van der Waals surface area contributed by atoms with Gasteiger partial charge in [0.1, 0.15) is 16.8 Å². The van der Waals surface area contributed by atoms with Crippen LogP contribution in [0.5, 0.6) is 0 Å². The normalized spacial score (nSPS) is 18.4. The van der Waals surface area contributed by atoms with Gasteiger partial charge in [0.05, 0.1) is 24.5 Å².